The summed E-state index contributed by atoms with van der Waals surface area (Å²) < 4.78 is 1.64. The zero-order chi connectivity index (χ0) is 14.1. The quantitative estimate of drug-likeness (QED) is 0.478. The molecule has 20 heavy (non-hydrogen) atoms. The van der Waals surface area contributed by atoms with E-state index in [1.165, 1.54) is 12.1 Å². The van der Waals surface area contributed by atoms with Crippen molar-refractivity contribution in [2.45, 2.75) is 25.7 Å². The van der Waals surface area contributed by atoms with Crippen LogP contribution in [0.25, 0.3) is 5.69 Å². The molecule has 102 valence electrons. The van der Waals surface area contributed by atoms with Crippen molar-refractivity contribution in [3.8, 4) is 5.69 Å². The summed E-state index contributed by atoms with van der Waals surface area (Å²) in [4.78, 5) is 22.4. The van der Waals surface area contributed by atoms with E-state index in [1.54, 1.807) is 23.0 Å². The third-order valence-electron chi connectivity index (χ3n) is 3.52. The van der Waals surface area contributed by atoms with Crippen LogP contribution in [-0.4, -0.2) is 20.5 Å². The van der Waals surface area contributed by atoms with Crippen LogP contribution in [0.3, 0.4) is 0 Å². The van der Waals surface area contributed by atoms with E-state index in [4.69, 9.17) is 0 Å². The summed E-state index contributed by atoms with van der Waals surface area (Å²) in [5, 5.41) is 15.1. The first kappa shape index (κ1) is 12.5. The standard InChI is InChI=1S/C14H13N3O3/c18-14-7-2-1-6-13-12(14)9-15-16(13)10-4-3-5-11(8-10)17(19)20/h3-5,8-9H,1-2,6-7H2. The molecule has 0 aliphatic heterocycles. The van der Waals surface area contributed by atoms with Crippen LogP contribution in [0.2, 0.25) is 0 Å². The van der Waals surface area contributed by atoms with Crippen LogP contribution in [0.5, 0.6) is 0 Å². The lowest BCUT2D eigenvalue weighted by Gasteiger charge is -2.07. The Bertz CT molecular complexity index is 691. The van der Waals surface area contributed by atoms with E-state index in [1.807, 2.05) is 0 Å². The molecule has 0 saturated heterocycles. The molecule has 6 nitrogen and oxygen atoms in total. The lowest BCUT2D eigenvalue weighted by Crippen LogP contribution is -2.04. The van der Waals surface area contributed by atoms with Crippen LogP contribution in [0.1, 0.15) is 35.3 Å². The van der Waals surface area contributed by atoms with Gasteiger partial charge in [-0.25, -0.2) is 4.68 Å². The minimum atomic E-state index is -0.434. The van der Waals surface area contributed by atoms with Gasteiger partial charge in [0, 0.05) is 18.6 Å². The van der Waals surface area contributed by atoms with E-state index >= 15 is 0 Å². The normalized spacial score (nSPS) is 14.7. The van der Waals surface area contributed by atoms with Gasteiger partial charge in [-0.05, 0) is 25.3 Å². The van der Waals surface area contributed by atoms with Crippen molar-refractivity contribution in [3.63, 3.8) is 0 Å². The van der Waals surface area contributed by atoms with E-state index in [-0.39, 0.29) is 11.5 Å². The predicted octanol–water partition coefficient (Wildman–Crippen LogP) is 2.69. The number of nitro benzene ring substituents is 1. The summed E-state index contributed by atoms with van der Waals surface area (Å²) >= 11 is 0. The first-order valence-electron chi connectivity index (χ1n) is 6.52. The topological polar surface area (TPSA) is 78.0 Å². The summed E-state index contributed by atoms with van der Waals surface area (Å²) in [6.45, 7) is 0. The lowest BCUT2D eigenvalue weighted by molar-refractivity contribution is -0.384. The van der Waals surface area contributed by atoms with Crippen LogP contribution < -0.4 is 0 Å². The molecule has 6 heteroatoms. The molecule has 0 unspecified atom stereocenters. The molecule has 1 aromatic carbocycles. The Labute approximate surface area is 115 Å². The van der Waals surface area contributed by atoms with Crippen molar-refractivity contribution in [2.24, 2.45) is 0 Å². The molecule has 3 rings (SSSR count). The first-order valence-corrected chi connectivity index (χ1v) is 6.52. The number of nitrogens with zero attached hydrogens (tertiary/aromatic N) is 3. The van der Waals surface area contributed by atoms with Gasteiger partial charge in [0.1, 0.15) is 0 Å². The Morgan fingerprint density at radius 1 is 1.25 bits per heavy atom. The van der Waals surface area contributed by atoms with Gasteiger partial charge in [0.25, 0.3) is 5.69 Å². The van der Waals surface area contributed by atoms with E-state index in [0.717, 1.165) is 25.0 Å². The third-order valence-corrected chi connectivity index (χ3v) is 3.52. The summed E-state index contributed by atoms with van der Waals surface area (Å²) in [6, 6.07) is 6.30. The number of carbonyl (C=O) groups is 1. The molecule has 0 atom stereocenters. The van der Waals surface area contributed by atoms with Gasteiger partial charge in [-0.1, -0.05) is 6.07 Å². The second-order valence-electron chi connectivity index (χ2n) is 4.82. The minimum Gasteiger partial charge on any atom is -0.294 e. The molecule has 1 heterocycles. The Balaban J connectivity index is 2.09. The summed E-state index contributed by atoms with van der Waals surface area (Å²) in [5.41, 5.74) is 2.14. The summed E-state index contributed by atoms with van der Waals surface area (Å²) in [7, 11) is 0. The first-order chi connectivity index (χ1) is 9.66. The van der Waals surface area contributed by atoms with Gasteiger partial charge in [0.2, 0.25) is 0 Å². The SMILES string of the molecule is O=C1CCCCc2c1cnn2-c1cccc([N+](=O)[O-])c1. The lowest BCUT2D eigenvalue weighted by atomic mass is 10.1. The Morgan fingerprint density at radius 3 is 2.85 bits per heavy atom. The number of carbonyl (C=O) groups excluding carboxylic acids is 1. The number of aromatic nitrogens is 2. The van der Waals surface area contributed by atoms with E-state index in [2.05, 4.69) is 5.10 Å². The number of fused-ring (bicyclic) bond motifs is 1. The molecular formula is C14H13N3O3. The van der Waals surface area contributed by atoms with Gasteiger partial charge in [-0.15, -0.1) is 0 Å². The van der Waals surface area contributed by atoms with Crippen LogP contribution >= 0.6 is 0 Å². The van der Waals surface area contributed by atoms with E-state index in [0.29, 0.717) is 17.7 Å². The molecule has 0 spiro atoms. The Hall–Kier alpha value is -2.50. The number of non-ortho nitro benzene ring substituents is 1. The monoisotopic (exact) mass is 271 g/mol. The van der Waals surface area contributed by atoms with Gasteiger partial charge in [-0.2, -0.15) is 5.10 Å². The van der Waals surface area contributed by atoms with E-state index in [9.17, 15) is 14.9 Å². The fourth-order valence-electron chi connectivity index (χ4n) is 2.52. The number of ketones is 1. The largest absolute Gasteiger partial charge is 0.294 e. The molecule has 2 aromatic rings. The van der Waals surface area contributed by atoms with Crippen molar-refractivity contribution in [3.05, 3.63) is 51.8 Å². The number of nitro groups is 1. The fraction of sp³-hybridized carbons (Fsp3) is 0.286. The number of hydrogen-bond donors (Lipinski definition) is 0. The van der Waals surface area contributed by atoms with Crippen molar-refractivity contribution in [1.29, 1.82) is 0 Å². The molecule has 0 fully saturated rings. The highest BCUT2D eigenvalue weighted by atomic mass is 16.6. The fourth-order valence-corrected chi connectivity index (χ4v) is 2.52. The zero-order valence-corrected chi connectivity index (χ0v) is 10.8. The molecule has 0 radical (unpaired) electrons. The maximum Gasteiger partial charge on any atom is 0.271 e. The van der Waals surface area contributed by atoms with Crippen LogP contribution in [0.4, 0.5) is 5.69 Å². The van der Waals surface area contributed by atoms with Gasteiger partial charge in [-0.3, -0.25) is 14.9 Å². The summed E-state index contributed by atoms with van der Waals surface area (Å²) in [5.74, 6) is 0.106. The molecule has 1 aliphatic carbocycles. The average molecular weight is 271 g/mol. The molecule has 1 aliphatic rings. The van der Waals surface area contributed by atoms with Crippen molar-refractivity contribution < 1.29 is 9.72 Å². The second-order valence-corrected chi connectivity index (χ2v) is 4.82. The van der Waals surface area contributed by atoms with Gasteiger partial charge in [0.05, 0.1) is 28.1 Å². The smallest absolute Gasteiger partial charge is 0.271 e. The van der Waals surface area contributed by atoms with Crippen molar-refractivity contribution in [1.82, 2.24) is 9.78 Å². The maximum absolute atomic E-state index is 12.0. The second kappa shape index (κ2) is 4.88. The summed E-state index contributed by atoms with van der Waals surface area (Å²) in [6.07, 6.45) is 4.70. The highest BCUT2D eigenvalue weighted by molar-refractivity contribution is 5.97. The van der Waals surface area contributed by atoms with E-state index < -0.39 is 4.92 Å². The highest BCUT2D eigenvalue weighted by Crippen LogP contribution is 2.24. The number of rotatable bonds is 2. The predicted molar refractivity (Wildman–Crippen MR) is 72.1 cm³/mol. The molecule has 0 bridgehead atoms. The minimum absolute atomic E-state index is 0.0201. The molecule has 0 amide bonds. The molecular weight excluding hydrogens is 258 g/mol. The van der Waals surface area contributed by atoms with Crippen molar-refractivity contribution >= 4 is 11.5 Å². The zero-order valence-electron chi connectivity index (χ0n) is 10.8. The number of benzene rings is 1. The van der Waals surface area contributed by atoms with Crippen LogP contribution in [-0.2, 0) is 6.42 Å². The van der Waals surface area contributed by atoms with Crippen molar-refractivity contribution in [2.75, 3.05) is 0 Å². The molecule has 0 saturated carbocycles. The Kier molecular flexibility index (Phi) is 3.06. The highest BCUT2D eigenvalue weighted by Gasteiger charge is 2.21. The van der Waals surface area contributed by atoms with Crippen LogP contribution in [0.15, 0.2) is 30.5 Å². The molecule has 0 N–H and O–H groups in total. The van der Waals surface area contributed by atoms with Crippen LogP contribution in [0, 0.1) is 10.1 Å². The van der Waals surface area contributed by atoms with Gasteiger partial charge < -0.3 is 0 Å². The number of Topliss-reactive ketones (excluding diaryl/α,β-unsaturated/α-hetero) is 1. The number of hydrogen-bond acceptors (Lipinski definition) is 4. The maximum atomic E-state index is 12.0. The Morgan fingerprint density at radius 2 is 2.05 bits per heavy atom. The average Bonchev–Trinajstić information content (AvgIpc) is 2.79. The third kappa shape index (κ3) is 2.09. The van der Waals surface area contributed by atoms with Gasteiger partial charge >= 0.3 is 0 Å². The van der Waals surface area contributed by atoms with Gasteiger partial charge in [0.15, 0.2) is 5.78 Å². The molecule has 1 aromatic heterocycles.